The van der Waals surface area contributed by atoms with E-state index in [-0.39, 0.29) is 17.1 Å². The Hall–Kier alpha value is -0.901. The van der Waals surface area contributed by atoms with E-state index in [1.807, 2.05) is 0 Å². The van der Waals surface area contributed by atoms with Crippen molar-refractivity contribution in [2.24, 2.45) is 0 Å². The summed E-state index contributed by atoms with van der Waals surface area (Å²) in [5, 5.41) is 25.9. The van der Waals surface area contributed by atoms with E-state index >= 15 is 0 Å². The molecule has 0 spiro atoms. The number of rotatable bonds is 0. The minimum Gasteiger partial charge on any atom is -0.753 e. The van der Waals surface area contributed by atoms with Crippen LogP contribution in [0.4, 0.5) is 0 Å². The second-order valence-corrected chi connectivity index (χ2v) is 0.586. The zero-order valence-corrected chi connectivity index (χ0v) is 5.97. The van der Waals surface area contributed by atoms with Crippen molar-refractivity contribution >= 4 is 17.4 Å². The van der Waals surface area contributed by atoms with Crippen LogP contribution in [0.15, 0.2) is 0 Å². The zero-order valence-electron chi connectivity index (χ0n) is 4.05. The number of hydrogen-bond acceptors (Lipinski definition) is 3. The third-order valence-corrected chi connectivity index (χ3v) is 0.100. The Morgan fingerprint density at radius 3 is 1.56 bits per heavy atom. The third kappa shape index (κ3) is 153. The van der Waals surface area contributed by atoms with Crippen molar-refractivity contribution in [2.45, 2.75) is 0 Å². The molecule has 0 radical (unpaired) electrons. The molecule has 0 saturated heterocycles. The van der Waals surface area contributed by atoms with E-state index < -0.39 is 0 Å². The molecule has 0 aromatic rings. The molecular weight excluding hydrogens is 180 g/mol. The maximum absolute atomic E-state index is 7.43. The van der Waals surface area contributed by atoms with Crippen molar-refractivity contribution in [3.63, 3.8) is 0 Å². The Balaban J connectivity index is -0.0000000800. The number of nitriles is 2. The van der Waals surface area contributed by atoms with E-state index in [9.17, 15) is 0 Å². The fourth-order valence-corrected chi connectivity index (χ4v) is 0.0224. The quantitative estimate of drug-likeness (QED) is 0.241. The summed E-state index contributed by atoms with van der Waals surface area (Å²) in [4.78, 5) is 0. The van der Waals surface area contributed by atoms with Crippen molar-refractivity contribution in [2.75, 3.05) is 0 Å². The van der Waals surface area contributed by atoms with Gasteiger partial charge in [-0.05, 0) is 0 Å². The molecule has 0 atom stereocenters. The molecule has 4 nitrogen and oxygen atoms in total. The first-order valence-electron chi connectivity index (χ1n) is 1.32. The van der Waals surface area contributed by atoms with Gasteiger partial charge in [-0.15, -0.1) is 0 Å². The molecule has 0 aliphatic carbocycles. The molecule has 0 N–H and O–H groups in total. The van der Waals surface area contributed by atoms with Crippen LogP contribution < -0.4 is 0 Å². The standard InChI is InChI=1S/C2N3.CNS.Fe/c3-1-5-2-4;2-1-3;/q2*-1;+2. The van der Waals surface area contributed by atoms with E-state index in [1.165, 1.54) is 17.5 Å². The van der Waals surface area contributed by atoms with Crippen LogP contribution in [0.5, 0.6) is 0 Å². The molecule has 0 aliphatic rings. The molecule has 0 rings (SSSR count). The van der Waals surface area contributed by atoms with Gasteiger partial charge in [0.25, 0.3) is 0 Å². The summed E-state index contributed by atoms with van der Waals surface area (Å²) in [5.74, 6) is 0. The van der Waals surface area contributed by atoms with Gasteiger partial charge in [0, 0.05) is 12.4 Å². The minimum atomic E-state index is 0. The third-order valence-electron chi connectivity index (χ3n) is 0.100. The summed E-state index contributed by atoms with van der Waals surface area (Å²) in [6, 6.07) is 0. The fraction of sp³-hybridized carbons (Fsp3) is 0. The van der Waals surface area contributed by atoms with E-state index in [0.717, 1.165) is 0 Å². The van der Waals surface area contributed by atoms with Gasteiger partial charge in [-0.3, -0.25) is 5.32 Å². The van der Waals surface area contributed by atoms with E-state index in [0.29, 0.717) is 0 Å². The van der Waals surface area contributed by atoms with Crippen LogP contribution >= 0.6 is 12.2 Å². The molecule has 6 heteroatoms. The topological polar surface area (TPSA) is 84.0 Å². The molecule has 0 amide bonds. The Kier molecular flexibility index (Phi) is 48.0. The van der Waals surface area contributed by atoms with Crippen LogP contribution in [0.3, 0.4) is 0 Å². The molecule has 0 heterocycles. The minimum absolute atomic E-state index is 0. The van der Waals surface area contributed by atoms with Crippen molar-refractivity contribution in [1.29, 1.82) is 10.5 Å². The van der Waals surface area contributed by atoms with Gasteiger partial charge in [0.2, 0.25) is 0 Å². The Bertz CT molecular complexity index is 136. The first-order valence-corrected chi connectivity index (χ1v) is 1.73. The van der Waals surface area contributed by atoms with Crippen molar-refractivity contribution in [3.05, 3.63) is 10.7 Å². The molecule has 0 aromatic carbocycles. The predicted molar refractivity (Wildman–Crippen MR) is 30.5 cm³/mol. The molecule has 0 aromatic heterocycles. The molecule has 46 valence electrons. The van der Waals surface area contributed by atoms with Gasteiger partial charge in [0.15, 0.2) is 0 Å². The van der Waals surface area contributed by atoms with Crippen LogP contribution in [-0.2, 0) is 17.1 Å². The molecular formula is C3FeN4S. The van der Waals surface area contributed by atoms with Crippen molar-refractivity contribution in [3.8, 4) is 12.4 Å². The smallest absolute Gasteiger partial charge is 0.753 e. The van der Waals surface area contributed by atoms with Gasteiger partial charge in [0.05, 0.1) is 0 Å². The number of nitrogens with zero attached hydrogens (tertiary/aromatic N) is 4. The number of hydrogen-bond donors (Lipinski definition) is 0. The van der Waals surface area contributed by atoms with Crippen LogP contribution in [0.25, 0.3) is 10.7 Å². The van der Waals surface area contributed by atoms with Crippen LogP contribution in [0.1, 0.15) is 0 Å². The first-order chi connectivity index (χ1) is 3.83. The SMILES string of the molecule is N#C[N-]C#N.[Fe+2].[N-]=C=S. The summed E-state index contributed by atoms with van der Waals surface area (Å²) in [6.45, 7) is 0. The Morgan fingerprint density at radius 1 is 1.33 bits per heavy atom. The van der Waals surface area contributed by atoms with Crippen LogP contribution in [-0.4, -0.2) is 5.16 Å². The molecule has 0 aliphatic heterocycles. The molecule has 0 fully saturated rings. The predicted octanol–water partition coefficient (Wildman–Crippen LogP) is 0.978. The van der Waals surface area contributed by atoms with Gasteiger partial charge in [-0.2, -0.15) is 5.16 Å². The molecule has 0 saturated carbocycles. The summed E-state index contributed by atoms with van der Waals surface area (Å²) in [7, 11) is 0. The van der Waals surface area contributed by atoms with Crippen molar-refractivity contribution in [1.82, 2.24) is 0 Å². The largest absolute Gasteiger partial charge is 2.00 e. The normalized spacial score (nSPS) is 2.89. The second-order valence-electron chi connectivity index (χ2n) is 0.403. The van der Waals surface area contributed by atoms with Gasteiger partial charge < -0.3 is 15.9 Å². The summed E-state index contributed by atoms with van der Waals surface area (Å²) >= 11 is 3.70. The Morgan fingerprint density at radius 2 is 1.56 bits per heavy atom. The van der Waals surface area contributed by atoms with E-state index in [4.69, 9.17) is 15.9 Å². The maximum atomic E-state index is 7.43. The monoisotopic (exact) mass is 180 g/mol. The van der Waals surface area contributed by atoms with E-state index in [1.54, 1.807) is 0 Å². The fourth-order valence-electron chi connectivity index (χ4n) is 0.0224. The van der Waals surface area contributed by atoms with Crippen LogP contribution in [0, 0.1) is 22.9 Å². The summed E-state index contributed by atoms with van der Waals surface area (Å²) in [6.07, 6.45) is 2.56. The zero-order chi connectivity index (χ0) is 6.83. The van der Waals surface area contributed by atoms with E-state index in [2.05, 4.69) is 17.5 Å². The molecule has 0 unspecified atom stereocenters. The van der Waals surface area contributed by atoms with Crippen molar-refractivity contribution < 1.29 is 17.1 Å². The second kappa shape index (κ2) is 27.5. The van der Waals surface area contributed by atoms with Gasteiger partial charge in [0.1, 0.15) is 0 Å². The number of isothiocyanates is 1. The maximum Gasteiger partial charge on any atom is 2.00 e. The van der Waals surface area contributed by atoms with Crippen LogP contribution in [0.2, 0.25) is 0 Å². The summed E-state index contributed by atoms with van der Waals surface area (Å²) in [5.41, 5.74) is 0. The number of thiocarbonyl (C=S) groups is 1. The summed E-state index contributed by atoms with van der Waals surface area (Å²) < 4.78 is 0. The first kappa shape index (κ1) is 15.7. The molecule has 9 heavy (non-hydrogen) atoms. The average Bonchev–Trinajstić information content (AvgIpc) is 1.71. The van der Waals surface area contributed by atoms with Gasteiger partial charge in [-0.1, -0.05) is 12.2 Å². The average molecular weight is 180 g/mol. The van der Waals surface area contributed by atoms with Gasteiger partial charge in [-0.25, -0.2) is 0 Å². The molecule has 0 bridgehead atoms. The van der Waals surface area contributed by atoms with Gasteiger partial charge >= 0.3 is 17.1 Å². The Labute approximate surface area is 68.4 Å².